The van der Waals surface area contributed by atoms with Gasteiger partial charge < -0.3 is 30.9 Å². The summed E-state index contributed by atoms with van der Waals surface area (Å²) in [5, 5.41) is 14.0. The van der Waals surface area contributed by atoms with Crippen LogP contribution < -0.4 is 16.4 Å². The van der Waals surface area contributed by atoms with E-state index in [-0.39, 0.29) is 95.3 Å². The van der Waals surface area contributed by atoms with Crippen LogP contribution in [0.1, 0.15) is 96.7 Å². The van der Waals surface area contributed by atoms with Gasteiger partial charge in [0, 0.05) is 62.4 Å². The van der Waals surface area contributed by atoms with Crippen LogP contribution in [0.25, 0.3) is 66.1 Å². The lowest BCUT2D eigenvalue weighted by atomic mass is 9.94. The molecule has 0 saturated carbocycles. The first-order valence-electron chi connectivity index (χ1n) is 34.1. The van der Waals surface area contributed by atoms with Crippen LogP contribution in [0.15, 0.2) is 164 Å². The lowest BCUT2D eigenvalue weighted by Crippen LogP contribution is -2.46. The highest BCUT2D eigenvalue weighted by Crippen LogP contribution is 2.44. The van der Waals surface area contributed by atoms with Crippen LogP contribution in [0.2, 0.25) is 30.1 Å². The smallest absolute Gasteiger partial charge is 0.329 e. The van der Waals surface area contributed by atoms with Gasteiger partial charge in [-0.2, -0.15) is 0 Å². The third-order valence-electron chi connectivity index (χ3n) is 16.7. The fraction of sp³-hybridized carbons (Fsp3) is 0.179. The summed E-state index contributed by atoms with van der Waals surface area (Å²) < 4.78 is 176. The summed E-state index contributed by atoms with van der Waals surface area (Å²) in [6.07, 6.45) is 2.43. The SMILES string of the molecule is C.CC(C)(C)OC(=O)[C@@H](N)Cc1ccc(-c2c(Cl)cc(F)cc2Cl)c2ncc(F)cc12.CC(C)(C)OC(=O)[C@H](Cc1ccc(-c2c(Cl)cc(F)cc2Cl)c2ncc(F)cc12)NC(=O)c1c(F)cccc1F.O=C(Cl)c1c(F)cccc1F.O=C(N[C@@H](Cc1ccc(-c2c(Cl)cc(F)cc2Cl)c2ncc(F)cc12)C(=O)O)c1c(F)cccc1F. The van der Waals surface area contributed by atoms with E-state index in [0.29, 0.717) is 44.3 Å². The number of fused-ring (bicyclic) bond motifs is 3. The van der Waals surface area contributed by atoms with Gasteiger partial charge in [0.25, 0.3) is 17.1 Å². The summed E-state index contributed by atoms with van der Waals surface area (Å²) in [6, 6.07) is 24.3. The van der Waals surface area contributed by atoms with E-state index in [9.17, 15) is 86.6 Å². The second kappa shape index (κ2) is 39.3. The normalized spacial score (nSPS) is 12.0. The molecule has 0 aliphatic carbocycles. The Bertz CT molecular complexity index is 5800. The van der Waals surface area contributed by atoms with Gasteiger partial charge in [0.2, 0.25) is 0 Å². The Hall–Kier alpha value is -10.6. The average molecular weight is 1780 g/mol. The third-order valence-corrected chi connectivity index (χ3v) is 18.7. The van der Waals surface area contributed by atoms with E-state index in [1.54, 1.807) is 59.7 Å². The monoisotopic (exact) mass is 1770 g/mol. The van der Waals surface area contributed by atoms with Crippen LogP contribution in [0.4, 0.5) is 52.7 Å². The molecule has 2 amide bonds. The number of halogens is 19. The van der Waals surface area contributed by atoms with Gasteiger partial charge in [0.15, 0.2) is 0 Å². The second-order valence-corrected chi connectivity index (χ2v) is 30.2. The molecule has 3 heterocycles. The number of aromatic nitrogens is 3. The van der Waals surface area contributed by atoms with E-state index in [1.165, 1.54) is 24.3 Å². The predicted molar refractivity (Wildman–Crippen MR) is 428 cm³/mol. The van der Waals surface area contributed by atoms with Crippen molar-refractivity contribution in [3.05, 3.63) is 298 Å². The van der Waals surface area contributed by atoms with Crippen molar-refractivity contribution in [3.63, 3.8) is 0 Å². The Kier molecular flexibility index (Phi) is 30.9. The van der Waals surface area contributed by atoms with Crippen molar-refractivity contribution < 1.29 is 96.0 Å². The number of amides is 2. The summed E-state index contributed by atoms with van der Waals surface area (Å²) in [6.45, 7) is 10.1. The lowest BCUT2D eigenvalue weighted by molar-refractivity contribution is -0.157. The number of hydrogen-bond donors (Lipinski definition) is 4. The van der Waals surface area contributed by atoms with Crippen LogP contribution in [0, 0.1) is 69.8 Å². The molecule has 3 atom stereocenters. The molecule has 0 aliphatic rings. The molecule has 15 nitrogen and oxygen atoms in total. The molecule has 0 radical (unpaired) electrons. The number of carboxylic acids is 1. The Morgan fingerprint density at radius 2 is 0.669 bits per heavy atom. The van der Waals surface area contributed by atoms with Gasteiger partial charge in [-0.15, -0.1) is 0 Å². The molecule has 0 fully saturated rings. The molecule has 616 valence electrons. The molecule has 118 heavy (non-hydrogen) atoms. The number of aliphatic carboxylic acids is 1. The highest BCUT2D eigenvalue weighted by molar-refractivity contribution is 6.67. The summed E-state index contributed by atoms with van der Waals surface area (Å²) in [4.78, 5) is 85.5. The maximum Gasteiger partial charge on any atom is 0.329 e. The minimum absolute atomic E-state index is 0. The van der Waals surface area contributed by atoms with E-state index in [1.807, 2.05) is 0 Å². The van der Waals surface area contributed by atoms with Crippen LogP contribution in [0.5, 0.6) is 0 Å². The molecular weight excluding hydrogens is 1710 g/mol. The Morgan fingerprint density at radius 3 is 0.949 bits per heavy atom. The molecule has 0 unspecified atom stereocenters. The fourth-order valence-electron chi connectivity index (χ4n) is 11.8. The highest BCUT2D eigenvalue weighted by Gasteiger charge is 2.33. The number of carbonyl (C=O) groups is 6. The molecule has 0 aliphatic heterocycles. The first-order chi connectivity index (χ1) is 54.9. The lowest BCUT2D eigenvalue weighted by Gasteiger charge is -2.25. The number of nitrogens with one attached hydrogen (secondary N) is 2. The van der Waals surface area contributed by atoms with E-state index < -0.39 is 151 Å². The van der Waals surface area contributed by atoms with Gasteiger partial charge in [-0.25, -0.2) is 62.3 Å². The van der Waals surface area contributed by atoms with Crippen molar-refractivity contribution in [1.29, 1.82) is 0 Å². The molecule has 9 aromatic carbocycles. The van der Waals surface area contributed by atoms with Crippen molar-refractivity contribution in [3.8, 4) is 33.4 Å². The van der Waals surface area contributed by atoms with E-state index in [0.717, 1.165) is 122 Å². The number of carbonyl (C=O) groups excluding carboxylic acids is 5. The van der Waals surface area contributed by atoms with E-state index in [2.05, 4.69) is 25.6 Å². The molecule has 5 N–H and O–H groups in total. The van der Waals surface area contributed by atoms with E-state index in [4.69, 9.17) is 96.4 Å². The van der Waals surface area contributed by atoms with Crippen LogP contribution >= 0.6 is 81.2 Å². The number of benzene rings is 9. The number of nitrogens with zero attached hydrogens (tertiary/aromatic N) is 3. The summed E-state index contributed by atoms with van der Waals surface area (Å²) in [5.74, 6) is -15.7. The van der Waals surface area contributed by atoms with Gasteiger partial charge in [-0.05, 0) is 167 Å². The first kappa shape index (κ1) is 92.9. The number of rotatable bonds is 17. The minimum atomic E-state index is -1.63. The fourth-order valence-corrected chi connectivity index (χ4v) is 13.9. The molecule has 0 bridgehead atoms. The number of esters is 2. The maximum atomic E-state index is 14.4. The zero-order valence-corrected chi connectivity index (χ0v) is 66.5. The predicted octanol–water partition coefficient (Wildman–Crippen LogP) is 22.3. The summed E-state index contributed by atoms with van der Waals surface area (Å²) in [7, 11) is 0. The topological polar surface area (TPSA) is 230 Å². The van der Waals surface area contributed by atoms with Gasteiger partial charge in [0.05, 0.1) is 65.3 Å². The van der Waals surface area contributed by atoms with E-state index >= 15 is 0 Å². The van der Waals surface area contributed by atoms with Gasteiger partial charge in [-0.1, -0.05) is 132 Å². The second-order valence-electron chi connectivity index (χ2n) is 27.4. The zero-order valence-electron chi connectivity index (χ0n) is 61.3. The van der Waals surface area contributed by atoms with Crippen LogP contribution in [-0.4, -0.2) is 84.4 Å². The van der Waals surface area contributed by atoms with Gasteiger partial charge >= 0.3 is 17.9 Å². The summed E-state index contributed by atoms with van der Waals surface area (Å²) in [5.41, 5.74) is 5.95. The molecule has 0 spiro atoms. The summed E-state index contributed by atoms with van der Waals surface area (Å²) >= 11 is 42.3. The minimum Gasteiger partial charge on any atom is -0.480 e. The Morgan fingerprint density at radius 1 is 0.398 bits per heavy atom. The van der Waals surface area contributed by atoms with Crippen molar-refractivity contribution in [2.24, 2.45) is 5.73 Å². The van der Waals surface area contributed by atoms with Crippen molar-refractivity contribution >= 4 is 149 Å². The Labute approximate surface area is 700 Å². The molecule has 12 rings (SSSR count). The number of carboxylic acid groups (broad SMARTS) is 1. The quantitative estimate of drug-likeness (QED) is 0.0378. The molecule has 0 saturated heterocycles. The van der Waals surface area contributed by atoms with Crippen molar-refractivity contribution in [2.45, 2.75) is 97.6 Å². The van der Waals surface area contributed by atoms with Crippen LogP contribution in [0.3, 0.4) is 0 Å². The first-order valence-corrected chi connectivity index (χ1v) is 36.8. The molecular formula is C84H63Cl7F12N6O9. The Balaban J connectivity index is 0.000000207. The maximum absolute atomic E-state index is 14.4. The number of nitrogens with two attached hydrogens (primary N) is 1. The van der Waals surface area contributed by atoms with Crippen molar-refractivity contribution in [1.82, 2.24) is 25.6 Å². The van der Waals surface area contributed by atoms with Crippen LogP contribution in [-0.2, 0) is 43.1 Å². The highest BCUT2D eigenvalue weighted by atomic mass is 35.5. The zero-order chi connectivity index (χ0) is 86.1. The number of ether oxygens (including phenoxy) is 2. The molecule has 34 heteroatoms. The van der Waals surface area contributed by atoms with Crippen molar-refractivity contribution in [2.75, 3.05) is 0 Å². The standard InChI is InChI=1S/C29H22Cl2F4N2O3.C25H14Cl2F4N2O3.C22H20Cl2F2N2O2.C7H3ClF2O.CH4/c1-29(2,3)40-28(39)23(37-27(38)25-21(34)5-4-6-22(25)35)9-14-7-8-17(26-18(14)10-16(33)13-36-26)24-19(30)11-15(32)12-20(24)31;26-16-8-12(28)9-17(27)21(16)14-5-4-11(15-7-13(29)10-32-23(14)15)6-20(25(35)36)33-24(34)22-18(30)2-1-3-19(22)31;1-22(2,3)30-21(29)18(27)6-11-4-5-14(20-15(11)7-13(26)10-28-20)19-16(23)8-12(25)9-17(19)24;8-7(11)6-4(9)2-1-3-5(6)10;/h4-8,10-13,23H,9H2,1-3H3,(H,37,38);1-5,7-10,20H,6H2,(H,33,34)(H,35,36);4-5,7-10,18H,6,27H2,1-3H3;1-3H;1H4/t23-;20-;18-;;/m000../s1. The number of pyridine rings is 3. The third kappa shape index (κ3) is 23.0. The largest absolute Gasteiger partial charge is 0.480 e. The van der Waals surface area contributed by atoms with Gasteiger partial charge in [-0.3, -0.25) is 34.1 Å². The average Bonchev–Trinajstić information content (AvgIpc) is 0.772. The number of hydrogen-bond acceptors (Lipinski definition) is 12. The van der Waals surface area contributed by atoms with Gasteiger partial charge in [0.1, 0.15) is 116 Å². The molecule has 3 aromatic heterocycles. The molecule has 12 aromatic rings.